The monoisotopic (exact) mass is 341 g/mol. The molecular formula is C16H23NO5S. The fraction of sp³-hybridized carbons (Fsp3) is 0.562. The predicted molar refractivity (Wildman–Crippen MR) is 87.3 cm³/mol. The molecule has 0 aliphatic carbocycles. The fourth-order valence-electron chi connectivity index (χ4n) is 2.78. The Hall–Kier alpha value is -1.60. The van der Waals surface area contributed by atoms with Crippen LogP contribution in [0.2, 0.25) is 0 Å². The van der Waals surface area contributed by atoms with Gasteiger partial charge in [-0.2, -0.15) is 4.31 Å². The third-order valence-electron chi connectivity index (χ3n) is 4.12. The standard InChI is InChI=1S/C16H23NO5S/c1-10(2)23(20,21)17(5)13-9-16(3,4)22-14-7-6-11(15(18)19)8-12(13)14/h6-8,10,13H,9H2,1-5H3,(H,18,19). The Morgan fingerprint density at radius 3 is 2.52 bits per heavy atom. The van der Waals surface area contributed by atoms with E-state index in [1.165, 1.54) is 16.4 Å². The molecule has 0 saturated heterocycles. The zero-order valence-electron chi connectivity index (χ0n) is 14.0. The highest BCUT2D eigenvalue weighted by molar-refractivity contribution is 7.89. The molecule has 0 radical (unpaired) electrons. The summed E-state index contributed by atoms with van der Waals surface area (Å²) in [5.41, 5.74) is 0.173. The van der Waals surface area contributed by atoms with Gasteiger partial charge in [0.1, 0.15) is 11.4 Å². The van der Waals surface area contributed by atoms with E-state index in [2.05, 4.69) is 0 Å². The van der Waals surface area contributed by atoms with Gasteiger partial charge in [-0.3, -0.25) is 0 Å². The van der Waals surface area contributed by atoms with Crippen LogP contribution in [0.4, 0.5) is 0 Å². The number of benzene rings is 1. The number of aromatic carboxylic acids is 1. The number of hydrogen-bond donors (Lipinski definition) is 1. The second-order valence-corrected chi connectivity index (χ2v) is 9.30. The summed E-state index contributed by atoms with van der Waals surface area (Å²) in [5, 5.41) is 8.64. The summed E-state index contributed by atoms with van der Waals surface area (Å²) in [7, 11) is -1.93. The number of fused-ring (bicyclic) bond motifs is 1. The van der Waals surface area contributed by atoms with E-state index in [1.54, 1.807) is 27.0 Å². The number of carboxylic acids is 1. The van der Waals surface area contributed by atoms with E-state index in [4.69, 9.17) is 4.74 Å². The van der Waals surface area contributed by atoms with Crippen LogP contribution in [0.25, 0.3) is 0 Å². The molecule has 1 N–H and O–H groups in total. The van der Waals surface area contributed by atoms with E-state index >= 15 is 0 Å². The molecule has 1 aliphatic heterocycles. The van der Waals surface area contributed by atoms with Crippen LogP contribution in [0.1, 0.15) is 56.1 Å². The Labute approximate surface area is 137 Å². The molecule has 1 unspecified atom stereocenters. The van der Waals surface area contributed by atoms with E-state index < -0.39 is 32.9 Å². The molecule has 0 saturated carbocycles. The Morgan fingerprint density at radius 2 is 2.00 bits per heavy atom. The molecule has 6 nitrogen and oxygen atoms in total. The van der Waals surface area contributed by atoms with Crippen molar-refractivity contribution in [2.24, 2.45) is 0 Å². The van der Waals surface area contributed by atoms with Crippen molar-refractivity contribution in [3.05, 3.63) is 29.3 Å². The Kier molecular flexibility index (Phi) is 4.47. The average molecular weight is 341 g/mol. The van der Waals surface area contributed by atoms with Crippen LogP contribution in [0.15, 0.2) is 18.2 Å². The van der Waals surface area contributed by atoms with Crippen LogP contribution in [-0.4, -0.2) is 41.7 Å². The van der Waals surface area contributed by atoms with Gasteiger partial charge in [0.05, 0.1) is 16.9 Å². The van der Waals surface area contributed by atoms with Crippen molar-refractivity contribution in [2.45, 2.75) is 51.0 Å². The first kappa shape index (κ1) is 17.7. The molecule has 0 fully saturated rings. The molecule has 0 bridgehead atoms. The minimum Gasteiger partial charge on any atom is -0.487 e. The number of ether oxygens (including phenoxy) is 1. The molecule has 1 heterocycles. The summed E-state index contributed by atoms with van der Waals surface area (Å²) in [6.07, 6.45) is 0.450. The number of carboxylic acid groups (broad SMARTS) is 1. The fourth-order valence-corrected chi connectivity index (χ4v) is 3.99. The van der Waals surface area contributed by atoms with Gasteiger partial charge in [-0.1, -0.05) is 0 Å². The molecular weight excluding hydrogens is 318 g/mol. The lowest BCUT2D eigenvalue weighted by Crippen LogP contribution is -2.44. The van der Waals surface area contributed by atoms with E-state index in [1.807, 2.05) is 13.8 Å². The first-order valence-corrected chi connectivity index (χ1v) is 8.99. The molecule has 0 aromatic heterocycles. The van der Waals surface area contributed by atoms with Crippen molar-refractivity contribution >= 4 is 16.0 Å². The van der Waals surface area contributed by atoms with Gasteiger partial charge in [0.15, 0.2) is 0 Å². The summed E-state index contributed by atoms with van der Waals surface area (Å²) in [5.74, 6) is -0.521. The van der Waals surface area contributed by atoms with Crippen molar-refractivity contribution in [3.8, 4) is 5.75 Å². The maximum absolute atomic E-state index is 12.5. The second-order valence-electron chi connectivity index (χ2n) is 6.75. The SMILES string of the molecule is CC(C)S(=O)(=O)N(C)C1CC(C)(C)Oc2ccc(C(=O)O)cc21. The van der Waals surface area contributed by atoms with E-state index in [0.29, 0.717) is 17.7 Å². The van der Waals surface area contributed by atoms with Gasteiger partial charge in [0, 0.05) is 19.0 Å². The first-order valence-electron chi connectivity index (χ1n) is 7.49. The Bertz CT molecular complexity index is 724. The van der Waals surface area contributed by atoms with Crippen molar-refractivity contribution in [3.63, 3.8) is 0 Å². The highest BCUT2D eigenvalue weighted by Crippen LogP contribution is 2.43. The normalized spacial score (nSPS) is 20.2. The molecule has 1 atom stereocenters. The molecule has 2 rings (SSSR count). The summed E-state index contributed by atoms with van der Waals surface area (Å²) in [6.45, 7) is 7.05. The van der Waals surface area contributed by atoms with E-state index in [0.717, 1.165) is 0 Å². The van der Waals surface area contributed by atoms with Crippen LogP contribution in [0, 0.1) is 0 Å². The lowest BCUT2D eigenvalue weighted by molar-refractivity contribution is 0.0538. The zero-order chi connectivity index (χ0) is 17.6. The Morgan fingerprint density at radius 1 is 1.39 bits per heavy atom. The van der Waals surface area contributed by atoms with Crippen molar-refractivity contribution in [1.29, 1.82) is 0 Å². The molecule has 23 heavy (non-hydrogen) atoms. The lowest BCUT2D eigenvalue weighted by atomic mass is 9.89. The van der Waals surface area contributed by atoms with Crippen molar-refractivity contribution in [1.82, 2.24) is 4.31 Å². The van der Waals surface area contributed by atoms with Crippen LogP contribution in [0.5, 0.6) is 5.75 Å². The van der Waals surface area contributed by atoms with Crippen LogP contribution in [0.3, 0.4) is 0 Å². The maximum Gasteiger partial charge on any atom is 0.335 e. The number of sulfonamides is 1. The van der Waals surface area contributed by atoms with Gasteiger partial charge in [0.2, 0.25) is 10.0 Å². The van der Waals surface area contributed by atoms with Gasteiger partial charge in [-0.05, 0) is 45.9 Å². The van der Waals surface area contributed by atoms with Crippen molar-refractivity contribution < 1.29 is 23.1 Å². The average Bonchev–Trinajstić information content (AvgIpc) is 2.43. The minimum absolute atomic E-state index is 0.118. The molecule has 1 aromatic carbocycles. The topological polar surface area (TPSA) is 83.9 Å². The van der Waals surface area contributed by atoms with Crippen LogP contribution < -0.4 is 4.74 Å². The quantitative estimate of drug-likeness (QED) is 0.910. The Balaban J connectivity index is 2.57. The summed E-state index contributed by atoms with van der Waals surface area (Å²) >= 11 is 0. The minimum atomic E-state index is -3.47. The number of rotatable bonds is 4. The molecule has 0 amide bonds. The van der Waals surface area contributed by atoms with Gasteiger partial charge in [-0.25, -0.2) is 13.2 Å². The van der Waals surface area contributed by atoms with E-state index in [-0.39, 0.29) is 5.56 Å². The number of hydrogen-bond acceptors (Lipinski definition) is 4. The molecule has 0 spiro atoms. The first-order chi connectivity index (χ1) is 10.5. The molecule has 128 valence electrons. The third kappa shape index (κ3) is 3.35. The molecule has 7 heteroatoms. The number of nitrogens with zero attached hydrogens (tertiary/aromatic N) is 1. The van der Waals surface area contributed by atoms with Crippen molar-refractivity contribution in [2.75, 3.05) is 7.05 Å². The van der Waals surface area contributed by atoms with Gasteiger partial charge < -0.3 is 9.84 Å². The smallest absolute Gasteiger partial charge is 0.335 e. The van der Waals surface area contributed by atoms with Crippen LogP contribution >= 0.6 is 0 Å². The van der Waals surface area contributed by atoms with Gasteiger partial charge >= 0.3 is 5.97 Å². The van der Waals surface area contributed by atoms with Crippen LogP contribution in [-0.2, 0) is 10.0 Å². The summed E-state index contributed by atoms with van der Waals surface area (Å²) in [6, 6.07) is 4.11. The highest BCUT2D eigenvalue weighted by Gasteiger charge is 2.40. The van der Waals surface area contributed by atoms with E-state index in [9.17, 15) is 18.3 Å². The van der Waals surface area contributed by atoms with Gasteiger partial charge in [-0.15, -0.1) is 0 Å². The highest BCUT2D eigenvalue weighted by atomic mass is 32.2. The zero-order valence-corrected chi connectivity index (χ0v) is 14.8. The largest absolute Gasteiger partial charge is 0.487 e. The third-order valence-corrected chi connectivity index (χ3v) is 6.37. The lowest BCUT2D eigenvalue weighted by Gasteiger charge is -2.41. The van der Waals surface area contributed by atoms with Gasteiger partial charge in [0.25, 0.3) is 0 Å². The predicted octanol–water partition coefficient (Wildman–Crippen LogP) is 2.66. The molecule has 1 aromatic rings. The summed E-state index contributed by atoms with van der Waals surface area (Å²) in [4.78, 5) is 11.2. The summed E-state index contributed by atoms with van der Waals surface area (Å²) < 4.78 is 32.3. The second kappa shape index (κ2) is 5.79. The molecule has 1 aliphatic rings. The maximum atomic E-state index is 12.5. The number of carbonyl (C=O) groups is 1.